The van der Waals surface area contributed by atoms with Crippen molar-refractivity contribution in [1.29, 1.82) is 0 Å². The Labute approximate surface area is 201 Å². The van der Waals surface area contributed by atoms with Crippen LogP contribution in [0.1, 0.15) is 29.7 Å². The van der Waals surface area contributed by atoms with Crippen molar-refractivity contribution in [3.8, 4) is 17.2 Å². The fraction of sp³-hybridized carbons (Fsp3) is 0.333. The standard InChI is InChI=1S/C27H32ClNO4/c1-19(14-20-12-13-26(32-3)27(15-20)33-4)29(17-22-8-5-6-11-25(22)31-2)18-24(30)21-9-7-10-23(28)16-21/h5-13,15-16,19,24,30H,14,17-18H2,1-4H3. The molecule has 3 aromatic rings. The maximum Gasteiger partial charge on any atom is 0.160 e. The summed E-state index contributed by atoms with van der Waals surface area (Å²) < 4.78 is 16.4. The molecular weight excluding hydrogens is 438 g/mol. The van der Waals surface area contributed by atoms with Crippen LogP contribution in [0.25, 0.3) is 0 Å². The normalized spacial score (nSPS) is 12.9. The summed E-state index contributed by atoms with van der Waals surface area (Å²) in [6, 6.07) is 21.5. The van der Waals surface area contributed by atoms with E-state index in [2.05, 4.69) is 17.9 Å². The Balaban J connectivity index is 1.85. The molecule has 1 N–H and O–H groups in total. The maximum atomic E-state index is 11.0. The molecule has 0 saturated heterocycles. The van der Waals surface area contributed by atoms with Crippen LogP contribution in [0, 0.1) is 0 Å². The van der Waals surface area contributed by atoms with E-state index in [9.17, 15) is 5.11 Å². The van der Waals surface area contributed by atoms with Crippen molar-refractivity contribution >= 4 is 11.6 Å². The third kappa shape index (κ3) is 6.64. The van der Waals surface area contributed by atoms with Crippen molar-refractivity contribution in [2.24, 2.45) is 0 Å². The Hall–Kier alpha value is -2.73. The minimum absolute atomic E-state index is 0.127. The van der Waals surface area contributed by atoms with Gasteiger partial charge in [-0.05, 0) is 54.8 Å². The lowest BCUT2D eigenvalue weighted by Gasteiger charge is -2.32. The molecule has 0 aliphatic carbocycles. The van der Waals surface area contributed by atoms with Crippen LogP contribution in [0.5, 0.6) is 17.2 Å². The highest BCUT2D eigenvalue weighted by molar-refractivity contribution is 6.30. The quantitative estimate of drug-likeness (QED) is 0.400. The van der Waals surface area contributed by atoms with Gasteiger partial charge in [0.2, 0.25) is 0 Å². The van der Waals surface area contributed by atoms with E-state index in [1.165, 1.54) is 0 Å². The monoisotopic (exact) mass is 469 g/mol. The molecule has 2 unspecified atom stereocenters. The first kappa shape index (κ1) is 24.9. The van der Waals surface area contributed by atoms with Gasteiger partial charge >= 0.3 is 0 Å². The number of halogens is 1. The van der Waals surface area contributed by atoms with Crippen LogP contribution in [0.3, 0.4) is 0 Å². The third-order valence-electron chi connectivity index (χ3n) is 5.81. The molecule has 0 bridgehead atoms. The second kappa shape index (κ2) is 11.9. The molecular formula is C27H32ClNO4. The fourth-order valence-electron chi connectivity index (χ4n) is 3.97. The number of nitrogens with zero attached hydrogens (tertiary/aromatic N) is 1. The van der Waals surface area contributed by atoms with E-state index in [4.69, 9.17) is 25.8 Å². The molecule has 0 saturated carbocycles. The summed E-state index contributed by atoms with van der Waals surface area (Å²) >= 11 is 6.15. The average Bonchev–Trinajstić information content (AvgIpc) is 2.83. The van der Waals surface area contributed by atoms with E-state index in [0.717, 1.165) is 28.9 Å². The van der Waals surface area contributed by atoms with Gasteiger partial charge in [-0.2, -0.15) is 0 Å². The van der Waals surface area contributed by atoms with Crippen LogP contribution in [0.4, 0.5) is 0 Å². The Morgan fingerprint density at radius 1 is 0.848 bits per heavy atom. The summed E-state index contributed by atoms with van der Waals surface area (Å²) in [6.07, 6.45) is 0.101. The lowest BCUT2D eigenvalue weighted by molar-refractivity contribution is 0.0853. The molecule has 0 spiro atoms. The molecule has 5 nitrogen and oxygen atoms in total. The average molecular weight is 470 g/mol. The van der Waals surface area contributed by atoms with Crippen LogP contribution < -0.4 is 14.2 Å². The van der Waals surface area contributed by atoms with Crippen molar-refractivity contribution in [3.63, 3.8) is 0 Å². The van der Waals surface area contributed by atoms with Gasteiger partial charge in [-0.25, -0.2) is 0 Å². The van der Waals surface area contributed by atoms with Gasteiger partial charge in [0, 0.05) is 29.7 Å². The predicted molar refractivity (Wildman–Crippen MR) is 133 cm³/mol. The topological polar surface area (TPSA) is 51.2 Å². The van der Waals surface area contributed by atoms with Crippen LogP contribution >= 0.6 is 11.6 Å². The first-order valence-electron chi connectivity index (χ1n) is 11.0. The number of methoxy groups -OCH3 is 3. The predicted octanol–water partition coefficient (Wildman–Crippen LogP) is 5.53. The Morgan fingerprint density at radius 2 is 1.58 bits per heavy atom. The summed E-state index contributed by atoms with van der Waals surface area (Å²) in [6.45, 7) is 3.25. The zero-order valence-electron chi connectivity index (χ0n) is 19.6. The second-order valence-electron chi connectivity index (χ2n) is 8.05. The van der Waals surface area contributed by atoms with Crippen molar-refractivity contribution in [1.82, 2.24) is 4.90 Å². The minimum Gasteiger partial charge on any atom is -0.496 e. The van der Waals surface area contributed by atoms with Crippen LogP contribution in [0.15, 0.2) is 66.7 Å². The number of rotatable bonds is 11. The van der Waals surface area contributed by atoms with Crippen molar-refractivity contribution < 1.29 is 19.3 Å². The number of benzene rings is 3. The van der Waals surface area contributed by atoms with Crippen LogP contribution in [0.2, 0.25) is 5.02 Å². The van der Waals surface area contributed by atoms with E-state index in [1.807, 2.05) is 60.7 Å². The van der Waals surface area contributed by atoms with E-state index >= 15 is 0 Å². The highest BCUT2D eigenvalue weighted by Crippen LogP contribution is 2.29. The van der Waals surface area contributed by atoms with Gasteiger partial charge in [-0.1, -0.05) is 48.0 Å². The van der Waals surface area contributed by atoms with Gasteiger partial charge < -0.3 is 19.3 Å². The molecule has 6 heteroatoms. The third-order valence-corrected chi connectivity index (χ3v) is 6.04. The smallest absolute Gasteiger partial charge is 0.160 e. The minimum atomic E-state index is -0.675. The van der Waals surface area contributed by atoms with Gasteiger partial charge in [0.15, 0.2) is 11.5 Å². The lowest BCUT2D eigenvalue weighted by atomic mass is 10.0. The molecule has 33 heavy (non-hydrogen) atoms. The Kier molecular flexibility index (Phi) is 9.01. The van der Waals surface area contributed by atoms with E-state index in [1.54, 1.807) is 21.3 Å². The molecule has 0 aromatic heterocycles. The van der Waals surface area contributed by atoms with E-state index in [0.29, 0.717) is 29.6 Å². The molecule has 3 aromatic carbocycles. The Morgan fingerprint density at radius 3 is 2.27 bits per heavy atom. The molecule has 0 fully saturated rings. The van der Waals surface area contributed by atoms with Gasteiger partial charge in [0.25, 0.3) is 0 Å². The summed E-state index contributed by atoms with van der Waals surface area (Å²) in [4.78, 5) is 2.26. The second-order valence-corrected chi connectivity index (χ2v) is 8.49. The van der Waals surface area contributed by atoms with Gasteiger partial charge in [0.05, 0.1) is 27.4 Å². The summed E-state index contributed by atoms with van der Waals surface area (Å²) in [5.41, 5.74) is 2.99. The highest BCUT2D eigenvalue weighted by atomic mass is 35.5. The molecule has 0 aliphatic rings. The molecule has 0 aliphatic heterocycles. The van der Waals surface area contributed by atoms with Gasteiger partial charge in [-0.3, -0.25) is 4.90 Å². The molecule has 2 atom stereocenters. The van der Waals surface area contributed by atoms with Crippen molar-refractivity contribution in [3.05, 3.63) is 88.4 Å². The zero-order chi connectivity index (χ0) is 23.8. The molecule has 176 valence electrons. The summed E-state index contributed by atoms with van der Waals surface area (Å²) in [5, 5.41) is 11.6. The molecule has 0 amide bonds. The largest absolute Gasteiger partial charge is 0.496 e. The number of ether oxygens (including phenoxy) is 3. The molecule has 0 heterocycles. The van der Waals surface area contributed by atoms with Crippen LogP contribution in [-0.2, 0) is 13.0 Å². The number of aliphatic hydroxyl groups is 1. The SMILES string of the molecule is COc1ccccc1CN(CC(O)c1cccc(Cl)c1)C(C)Cc1ccc(OC)c(OC)c1. The summed E-state index contributed by atoms with van der Waals surface area (Å²) in [7, 11) is 4.95. The zero-order valence-corrected chi connectivity index (χ0v) is 20.4. The van der Waals surface area contributed by atoms with Gasteiger partial charge in [-0.15, -0.1) is 0 Å². The first-order valence-corrected chi connectivity index (χ1v) is 11.3. The first-order chi connectivity index (χ1) is 15.9. The lowest BCUT2D eigenvalue weighted by Crippen LogP contribution is -2.37. The molecule has 0 radical (unpaired) electrons. The number of aliphatic hydroxyl groups excluding tert-OH is 1. The van der Waals surface area contributed by atoms with E-state index < -0.39 is 6.10 Å². The number of para-hydroxylation sites is 1. The fourth-order valence-corrected chi connectivity index (χ4v) is 4.17. The van der Waals surface area contributed by atoms with Crippen molar-refractivity contribution in [2.45, 2.75) is 32.0 Å². The van der Waals surface area contributed by atoms with E-state index in [-0.39, 0.29) is 6.04 Å². The Bertz CT molecular complexity index is 1040. The van der Waals surface area contributed by atoms with Gasteiger partial charge in [0.1, 0.15) is 5.75 Å². The van der Waals surface area contributed by atoms with Crippen molar-refractivity contribution in [2.75, 3.05) is 27.9 Å². The molecule has 3 rings (SSSR count). The maximum absolute atomic E-state index is 11.0. The summed E-state index contributed by atoms with van der Waals surface area (Å²) in [5.74, 6) is 2.24. The number of hydrogen-bond donors (Lipinski definition) is 1. The number of hydrogen-bond acceptors (Lipinski definition) is 5. The van der Waals surface area contributed by atoms with Crippen LogP contribution in [-0.4, -0.2) is 43.9 Å². The highest BCUT2D eigenvalue weighted by Gasteiger charge is 2.21.